The van der Waals surface area contributed by atoms with Crippen molar-refractivity contribution in [3.05, 3.63) is 79.5 Å². The van der Waals surface area contributed by atoms with Gasteiger partial charge in [0.1, 0.15) is 6.61 Å². The maximum absolute atomic E-state index is 12.2. The third kappa shape index (κ3) is 5.56. The molecule has 14 nitrogen and oxygen atoms in total. The number of non-ortho nitro benzene ring substituents is 1. The lowest BCUT2D eigenvalue weighted by Crippen LogP contribution is -2.50. The van der Waals surface area contributed by atoms with Crippen molar-refractivity contribution < 1.29 is 29.2 Å². The van der Waals surface area contributed by atoms with E-state index in [2.05, 4.69) is 5.28 Å². The van der Waals surface area contributed by atoms with Crippen LogP contribution in [0.15, 0.2) is 53.8 Å². The summed E-state index contributed by atoms with van der Waals surface area (Å²) >= 11 is 0. The van der Waals surface area contributed by atoms with Crippen LogP contribution in [0.2, 0.25) is 0 Å². The van der Waals surface area contributed by atoms with Crippen molar-refractivity contribution in [2.45, 2.75) is 6.61 Å². The molecule has 0 spiro atoms. The molecule has 0 bridgehead atoms. The van der Waals surface area contributed by atoms with E-state index < -0.39 is 33.1 Å². The highest BCUT2D eigenvalue weighted by Crippen LogP contribution is 2.31. The lowest BCUT2D eigenvalue weighted by molar-refractivity contribution is -0.708. The number of rotatable bonds is 7. The largest absolute Gasteiger partial charge is 0.569 e. The maximum atomic E-state index is 12.2. The van der Waals surface area contributed by atoms with Crippen molar-refractivity contribution in [2.24, 2.45) is 5.28 Å². The minimum absolute atomic E-state index is 0.109. The van der Waals surface area contributed by atoms with Crippen LogP contribution in [-0.2, 0) is 11.3 Å². The zero-order chi connectivity index (χ0) is 23.1. The molecule has 1 amide bonds. The first-order chi connectivity index (χ1) is 15.3. The Morgan fingerprint density at radius 2 is 1.66 bits per heavy atom. The van der Waals surface area contributed by atoms with Gasteiger partial charge in [0, 0.05) is 19.2 Å². The van der Waals surface area contributed by atoms with Gasteiger partial charge in [-0.1, -0.05) is 30.3 Å². The summed E-state index contributed by atoms with van der Waals surface area (Å²) in [6.45, 7) is 0.766. The molecule has 2 aromatic rings. The predicted molar refractivity (Wildman–Crippen MR) is 106 cm³/mol. The Labute approximate surface area is 180 Å². The van der Waals surface area contributed by atoms with E-state index in [9.17, 15) is 30.2 Å². The van der Waals surface area contributed by atoms with Gasteiger partial charge in [-0.2, -0.15) is 0 Å². The Bertz CT molecular complexity index is 1020. The van der Waals surface area contributed by atoms with Gasteiger partial charge in [0.15, 0.2) is 0 Å². The maximum Gasteiger partial charge on any atom is 0.410 e. The highest BCUT2D eigenvalue weighted by Gasteiger charge is 2.27. The lowest BCUT2D eigenvalue weighted by Gasteiger charge is -2.30. The number of hydrazine groups is 1. The summed E-state index contributed by atoms with van der Waals surface area (Å²) in [5, 5.41) is 38.5. The van der Waals surface area contributed by atoms with Gasteiger partial charge >= 0.3 is 11.8 Å². The third-order valence-corrected chi connectivity index (χ3v) is 4.52. The van der Waals surface area contributed by atoms with Gasteiger partial charge in [-0.3, -0.25) is 25.1 Å². The van der Waals surface area contributed by atoms with Crippen LogP contribution < -0.4 is 4.84 Å². The number of hydrogen-bond acceptors (Lipinski definition) is 9. The van der Waals surface area contributed by atoms with Gasteiger partial charge < -0.3 is 14.8 Å². The van der Waals surface area contributed by atoms with Crippen molar-refractivity contribution >= 4 is 17.5 Å². The van der Waals surface area contributed by atoms with E-state index in [1.54, 1.807) is 0 Å². The fraction of sp³-hybridized carbons (Fsp3) is 0.278. The second-order valence-corrected chi connectivity index (χ2v) is 6.57. The number of ether oxygens (including phenoxy) is 1. The summed E-state index contributed by atoms with van der Waals surface area (Å²) in [5.41, 5.74) is -0.359. The van der Waals surface area contributed by atoms with Crippen LogP contribution in [0.3, 0.4) is 0 Å². The Hall–Kier alpha value is -4.49. The number of nitro groups is 2. The molecule has 0 unspecified atom stereocenters. The Balaban J connectivity index is 1.54. The summed E-state index contributed by atoms with van der Waals surface area (Å²) in [4.78, 5) is 38.7. The number of benzene rings is 2. The molecule has 168 valence electrons. The van der Waals surface area contributed by atoms with Gasteiger partial charge in [0.2, 0.25) is 11.0 Å². The first kappa shape index (κ1) is 22.2. The number of hydrogen-bond donors (Lipinski definition) is 0. The number of nitrogens with zero attached hydrogens (tertiary/aromatic N) is 6. The molecule has 14 heteroatoms. The van der Waals surface area contributed by atoms with E-state index in [4.69, 9.17) is 9.57 Å². The van der Waals surface area contributed by atoms with Crippen molar-refractivity contribution in [3.63, 3.8) is 0 Å². The van der Waals surface area contributed by atoms with E-state index in [1.165, 1.54) is 9.91 Å². The molecule has 32 heavy (non-hydrogen) atoms. The molecule has 1 fully saturated rings. The molecular formula is C18H18N6O8. The molecule has 1 heterocycles. The molecule has 3 rings (SSSR count). The fourth-order valence-electron chi connectivity index (χ4n) is 2.83. The van der Waals surface area contributed by atoms with E-state index in [-0.39, 0.29) is 37.8 Å². The summed E-state index contributed by atoms with van der Waals surface area (Å²) in [5.74, 6) is -0.426. The molecule has 0 saturated carbocycles. The Morgan fingerprint density at radius 3 is 2.28 bits per heavy atom. The second kappa shape index (κ2) is 10.0. The average Bonchev–Trinajstić information content (AvgIpc) is 2.81. The van der Waals surface area contributed by atoms with Gasteiger partial charge in [0.05, 0.1) is 34.0 Å². The van der Waals surface area contributed by atoms with Crippen LogP contribution in [-0.4, -0.2) is 57.0 Å². The number of carbonyl (C=O) groups is 1. The van der Waals surface area contributed by atoms with Crippen molar-refractivity contribution in [1.82, 2.24) is 9.91 Å². The minimum atomic E-state index is -0.882. The average molecular weight is 446 g/mol. The first-order valence-electron chi connectivity index (χ1n) is 9.33. The summed E-state index contributed by atoms with van der Waals surface area (Å²) in [6, 6.07) is 11.9. The third-order valence-electron chi connectivity index (χ3n) is 4.52. The molecule has 1 aliphatic rings. The predicted octanol–water partition coefficient (Wildman–Crippen LogP) is 2.63. The van der Waals surface area contributed by atoms with E-state index >= 15 is 0 Å². The summed E-state index contributed by atoms with van der Waals surface area (Å²) in [7, 11) is 0. The number of carbonyl (C=O) groups excluding carboxylic acids is 1. The molecule has 0 N–H and O–H groups in total. The molecule has 1 aliphatic heterocycles. The van der Waals surface area contributed by atoms with Crippen LogP contribution in [0, 0.1) is 25.4 Å². The van der Waals surface area contributed by atoms with Gasteiger partial charge in [-0.05, 0) is 11.6 Å². The Kier molecular flexibility index (Phi) is 6.95. The number of nitro benzene ring substituents is 2. The van der Waals surface area contributed by atoms with Crippen molar-refractivity contribution in [1.29, 1.82) is 0 Å². The fourth-order valence-corrected chi connectivity index (χ4v) is 2.83. The second-order valence-electron chi connectivity index (χ2n) is 6.57. The molecule has 2 aromatic carbocycles. The lowest BCUT2D eigenvalue weighted by atomic mass is 10.2. The minimum Gasteiger partial charge on any atom is -0.569 e. The molecule has 0 atom stereocenters. The molecular weight excluding hydrogens is 428 g/mol. The van der Waals surface area contributed by atoms with Crippen LogP contribution in [0.5, 0.6) is 5.75 Å². The van der Waals surface area contributed by atoms with E-state index in [1.807, 2.05) is 30.3 Å². The standard InChI is InChI=1S/C18H18N6O8/c25-18(31-13-14-4-2-1-3-5-14)20-8-10-21(11-9-20)24(30)19-32-17-7-6-15(22(26)27)12-16(17)23(28)29/h1-7,12H,8-11,13H2/b24-19-. The molecule has 0 aromatic heterocycles. The highest BCUT2D eigenvalue weighted by atomic mass is 16.7. The Morgan fingerprint density at radius 1 is 0.969 bits per heavy atom. The van der Waals surface area contributed by atoms with E-state index in [0.717, 1.165) is 17.7 Å². The zero-order valence-corrected chi connectivity index (χ0v) is 16.6. The van der Waals surface area contributed by atoms with Crippen LogP contribution in [0.4, 0.5) is 16.2 Å². The smallest absolute Gasteiger partial charge is 0.410 e. The van der Waals surface area contributed by atoms with Crippen LogP contribution in [0.1, 0.15) is 5.56 Å². The summed E-state index contributed by atoms with van der Waals surface area (Å²) in [6.07, 6.45) is -0.513. The summed E-state index contributed by atoms with van der Waals surface area (Å²) < 4.78 is 5.25. The van der Waals surface area contributed by atoms with Gasteiger partial charge in [0.25, 0.3) is 5.69 Å². The number of amides is 1. The molecule has 0 aliphatic carbocycles. The van der Waals surface area contributed by atoms with Gasteiger partial charge in [-0.15, -0.1) is 5.01 Å². The molecule has 0 radical (unpaired) electrons. The topological polar surface area (TPSA) is 167 Å². The molecule has 1 saturated heterocycles. The number of piperazine rings is 1. The van der Waals surface area contributed by atoms with Crippen molar-refractivity contribution in [3.8, 4) is 5.75 Å². The SMILES string of the molecule is O=C(OCc1ccccc1)N1CCN(/[N+]([O-])=N/Oc2ccc([N+](=O)[O-])cc2[N+](=O)[O-])CC1. The van der Waals surface area contributed by atoms with Crippen LogP contribution in [0.25, 0.3) is 0 Å². The monoisotopic (exact) mass is 446 g/mol. The zero-order valence-electron chi connectivity index (χ0n) is 16.6. The highest BCUT2D eigenvalue weighted by molar-refractivity contribution is 5.67. The van der Waals surface area contributed by atoms with Gasteiger partial charge in [-0.25, -0.2) is 4.79 Å². The van der Waals surface area contributed by atoms with E-state index in [0.29, 0.717) is 6.07 Å². The first-order valence-corrected chi connectivity index (χ1v) is 9.33. The normalized spacial score (nSPS) is 14.1. The van der Waals surface area contributed by atoms with Crippen molar-refractivity contribution in [2.75, 3.05) is 26.2 Å². The quantitative estimate of drug-likeness (QED) is 0.269. The van der Waals surface area contributed by atoms with Crippen LogP contribution >= 0.6 is 0 Å².